The Kier molecular flexibility index (Phi) is 4.61. The molecule has 1 aromatic rings. The molecule has 20 heavy (non-hydrogen) atoms. The van der Waals surface area contributed by atoms with Crippen LogP contribution in [-0.4, -0.2) is 39.7 Å². The molecule has 0 unspecified atom stereocenters. The molecule has 0 aromatic heterocycles. The lowest BCUT2D eigenvalue weighted by Gasteiger charge is -2.23. The van der Waals surface area contributed by atoms with Gasteiger partial charge in [0.15, 0.2) is 0 Å². The van der Waals surface area contributed by atoms with Crippen molar-refractivity contribution in [3.05, 3.63) is 29.8 Å². The van der Waals surface area contributed by atoms with Gasteiger partial charge in [-0.25, -0.2) is 8.42 Å². The third-order valence-corrected chi connectivity index (χ3v) is 3.67. The first-order valence-electron chi connectivity index (χ1n) is 6.53. The normalized spacial score (nSPS) is 19.4. The second-order valence-electron chi connectivity index (χ2n) is 4.97. The highest BCUT2D eigenvalue weighted by Gasteiger charge is 2.16. The van der Waals surface area contributed by atoms with E-state index in [4.69, 9.17) is 0 Å². The van der Waals surface area contributed by atoms with Crippen LogP contribution in [0, 0.1) is 0 Å². The average Bonchev–Trinajstić information content (AvgIpc) is 2.38. The number of hydrogen-bond donors (Lipinski definition) is 3. The van der Waals surface area contributed by atoms with Crippen LogP contribution in [0.15, 0.2) is 24.3 Å². The van der Waals surface area contributed by atoms with E-state index in [1.165, 1.54) is 6.07 Å². The summed E-state index contributed by atoms with van der Waals surface area (Å²) in [7, 11) is -3.34. The molecule has 1 atom stereocenters. The van der Waals surface area contributed by atoms with Crippen molar-refractivity contribution in [1.29, 1.82) is 0 Å². The largest absolute Gasteiger partial charge is 0.348 e. The van der Waals surface area contributed by atoms with Gasteiger partial charge < -0.3 is 10.6 Å². The SMILES string of the molecule is CS(=O)(=O)Nc1cccc(C(=O)N[C@H]2CCCNC2)c1. The molecule has 2 rings (SSSR count). The van der Waals surface area contributed by atoms with E-state index in [0.29, 0.717) is 11.3 Å². The summed E-state index contributed by atoms with van der Waals surface area (Å²) in [5, 5.41) is 6.17. The van der Waals surface area contributed by atoms with Crippen molar-refractivity contribution in [2.75, 3.05) is 24.1 Å². The minimum atomic E-state index is -3.34. The third-order valence-electron chi connectivity index (χ3n) is 3.06. The van der Waals surface area contributed by atoms with E-state index in [1.54, 1.807) is 18.2 Å². The number of anilines is 1. The highest BCUT2D eigenvalue weighted by Crippen LogP contribution is 2.12. The van der Waals surface area contributed by atoms with Crippen LogP contribution >= 0.6 is 0 Å². The van der Waals surface area contributed by atoms with Crippen molar-refractivity contribution >= 4 is 21.6 Å². The molecule has 6 nitrogen and oxygen atoms in total. The Morgan fingerprint density at radius 1 is 1.40 bits per heavy atom. The predicted molar refractivity (Wildman–Crippen MR) is 78.3 cm³/mol. The number of rotatable bonds is 4. The first-order chi connectivity index (χ1) is 9.44. The smallest absolute Gasteiger partial charge is 0.251 e. The van der Waals surface area contributed by atoms with Crippen molar-refractivity contribution in [1.82, 2.24) is 10.6 Å². The average molecular weight is 297 g/mol. The number of benzene rings is 1. The lowest BCUT2D eigenvalue weighted by Crippen LogP contribution is -2.45. The molecule has 0 saturated carbocycles. The second kappa shape index (κ2) is 6.23. The maximum atomic E-state index is 12.1. The molecule has 1 fully saturated rings. The van der Waals surface area contributed by atoms with Crippen molar-refractivity contribution in [3.8, 4) is 0 Å². The number of piperidine rings is 1. The summed E-state index contributed by atoms with van der Waals surface area (Å²) >= 11 is 0. The summed E-state index contributed by atoms with van der Waals surface area (Å²) in [6.45, 7) is 1.76. The summed E-state index contributed by atoms with van der Waals surface area (Å²) in [4.78, 5) is 12.1. The molecule has 1 aromatic carbocycles. The fourth-order valence-electron chi connectivity index (χ4n) is 2.18. The Morgan fingerprint density at radius 2 is 2.20 bits per heavy atom. The maximum Gasteiger partial charge on any atom is 0.251 e. The topological polar surface area (TPSA) is 87.3 Å². The van der Waals surface area contributed by atoms with Crippen LogP contribution < -0.4 is 15.4 Å². The molecular weight excluding hydrogens is 278 g/mol. The van der Waals surface area contributed by atoms with Gasteiger partial charge in [-0.2, -0.15) is 0 Å². The number of amides is 1. The Labute approximate surface area is 119 Å². The first-order valence-corrected chi connectivity index (χ1v) is 8.42. The molecule has 1 heterocycles. The van der Waals surface area contributed by atoms with Gasteiger partial charge in [-0.1, -0.05) is 6.07 Å². The summed E-state index contributed by atoms with van der Waals surface area (Å²) in [6.07, 6.45) is 3.08. The minimum Gasteiger partial charge on any atom is -0.348 e. The van der Waals surface area contributed by atoms with Crippen LogP contribution in [0.2, 0.25) is 0 Å². The third kappa shape index (κ3) is 4.50. The standard InChI is InChI=1S/C13H19N3O3S/c1-20(18,19)16-11-5-2-4-10(8-11)13(17)15-12-6-3-7-14-9-12/h2,4-5,8,12,14,16H,3,6-7,9H2,1H3,(H,15,17)/t12-/m0/s1. The number of carbonyl (C=O) groups excluding carboxylic acids is 1. The molecule has 0 radical (unpaired) electrons. The zero-order valence-electron chi connectivity index (χ0n) is 11.3. The zero-order chi connectivity index (χ0) is 14.6. The van der Waals surface area contributed by atoms with Crippen molar-refractivity contribution in [2.45, 2.75) is 18.9 Å². The van der Waals surface area contributed by atoms with E-state index in [0.717, 1.165) is 32.2 Å². The van der Waals surface area contributed by atoms with E-state index in [1.807, 2.05) is 0 Å². The molecule has 1 amide bonds. The Hall–Kier alpha value is -1.60. The molecule has 7 heteroatoms. The molecule has 1 aliphatic heterocycles. The summed E-state index contributed by atoms with van der Waals surface area (Å²) in [6, 6.07) is 6.59. The van der Waals surface area contributed by atoms with Crippen LogP contribution in [0.1, 0.15) is 23.2 Å². The van der Waals surface area contributed by atoms with Gasteiger partial charge in [0.2, 0.25) is 10.0 Å². The van der Waals surface area contributed by atoms with Crippen LogP contribution in [0.5, 0.6) is 0 Å². The van der Waals surface area contributed by atoms with Gasteiger partial charge in [0.1, 0.15) is 0 Å². The lowest BCUT2D eigenvalue weighted by atomic mass is 10.1. The monoisotopic (exact) mass is 297 g/mol. The highest BCUT2D eigenvalue weighted by atomic mass is 32.2. The van der Waals surface area contributed by atoms with Crippen LogP contribution in [0.4, 0.5) is 5.69 Å². The van der Waals surface area contributed by atoms with Gasteiger partial charge in [-0.3, -0.25) is 9.52 Å². The molecule has 0 aliphatic carbocycles. The Balaban J connectivity index is 2.04. The van der Waals surface area contributed by atoms with E-state index >= 15 is 0 Å². The van der Waals surface area contributed by atoms with Gasteiger partial charge in [-0.15, -0.1) is 0 Å². The number of carbonyl (C=O) groups is 1. The van der Waals surface area contributed by atoms with Crippen LogP contribution in [-0.2, 0) is 10.0 Å². The van der Waals surface area contributed by atoms with E-state index in [9.17, 15) is 13.2 Å². The summed E-state index contributed by atoms with van der Waals surface area (Å²) < 4.78 is 24.7. The minimum absolute atomic E-state index is 0.128. The quantitative estimate of drug-likeness (QED) is 0.757. The lowest BCUT2D eigenvalue weighted by molar-refractivity contribution is 0.0930. The molecule has 0 spiro atoms. The Bertz CT molecular complexity index is 580. The van der Waals surface area contributed by atoms with Gasteiger partial charge in [-0.05, 0) is 37.6 Å². The molecule has 110 valence electrons. The number of nitrogens with one attached hydrogen (secondary N) is 3. The van der Waals surface area contributed by atoms with Gasteiger partial charge >= 0.3 is 0 Å². The summed E-state index contributed by atoms with van der Waals surface area (Å²) in [5.41, 5.74) is 0.839. The van der Waals surface area contributed by atoms with E-state index < -0.39 is 10.0 Å². The molecule has 3 N–H and O–H groups in total. The molecule has 1 aliphatic rings. The fourth-order valence-corrected chi connectivity index (χ4v) is 2.74. The highest BCUT2D eigenvalue weighted by molar-refractivity contribution is 7.92. The number of hydrogen-bond acceptors (Lipinski definition) is 4. The predicted octanol–water partition coefficient (Wildman–Crippen LogP) is 0.540. The van der Waals surface area contributed by atoms with Crippen molar-refractivity contribution in [3.63, 3.8) is 0 Å². The van der Waals surface area contributed by atoms with Gasteiger partial charge in [0.25, 0.3) is 5.91 Å². The molecular formula is C13H19N3O3S. The maximum absolute atomic E-state index is 12.1. The molecule has 0 bridgehead atoms. The Morgan fingerprint density at radius 3 is 2.85 bits per heavy atom. The first kappa shape index (κ1) is 14.8. The van der Waals surface area contributed by atoms with Gasteiger partial charge in [0, 0.05) is 23.8 Å². The van der Waals surface area contributed by atoms with E-state index in [-0.39, 0.29) is 11.9 Å². The summed E-state index contributed by atoms with van der Waals surface area (Å²) in [5.74, 6) is -0.184. The van der Waals surface area contributed by atoms with Crippen LogP contribution in [0.3, 0.4) is 0 Å². The second-order valence-corrected chi connectivity index (χ2v) is 6.72. The van der Waals surface area contributed by atoms with Crippen molar-refractivity contribution in [2.24, 2.45) is 0 Å². The number of sulfonamides is 1. The van der Waals surface area contributed by atoms with E-state index in [2.05, 4.69) is 15.4 Å². The van der Waals surface area contributed by atoms with Crippen molar-refractivity contribution < 1.29 is 13.2 Å². The zero-order valence-corrected chi connectivity index (χ0v) is 12.2. The van der Waals surface area contributed by atoms with Crippen LogP contribution in [0.25, 0.3) is 0 Å². The molecule has 1 saturated heterocycles. The van der Waals surface area contributed by atoms with Gasteiger partial charge in [0.05, 0.1) is 6.26 Å². The fraction of sp³-hybridized carbons (Fsp3) is 0.462.